The van der Waals surface area contributed by atoms with Crippen LogP contribution in [0.15, 0.2) is 12.1 Å². The Bertz CT molecular complexity index is 577. The summed E-state index contributed by atoms with van der Waals surface area (Å²) in [5, 5.41) is 0. The maximum Gasteiger partial charge on any atom is 0.321 e. The highest BCUT2D eigenvalue weighted by Gasteiger charge is 2.27. The standard InChI is InChI=1S/C9H8N2O3S/c12-9-2-1-5-3-7-8(4-6(5)9)11-15(13,14)10-7/h3-4,10-11H,1-2H2. The van der Waals surface area contributed by atoms with E-state index in [1.165, 1.54) is 0 Å². The molecular formula is C9H8N2O3S. The molecule has 0 atom stereocenters. The molecule has 78 valence electrons. The second-order valence-corrected chi connectivity index (χ2v) is 5.10. The molecule has 1 aliphatic carbocycles. The van der Waals surface area contributed by atoms with E-state index in [9.17, 15) is 13.2 Å². The molecule has 0 saturated heterocycles. The van der Waals surface area contributed by atoms with Gasteiger partial charge in [0.1, 0.15) is 0 Å². The minimum absolute atomic E-state index is 0.0823. The molecule has 0 saturated carbocycles. The number of ketones is 1. The van der Waals surface area contributed by atoms with E-state index in [1.807, 2.05) is 0 Å². The molecule has 0 bridgehead atoms. The summed E-state index contributed by atoms with van der Waals surface area (Å²) in [7, 11) is -3.45. The molecule has 3 rings (SSSR count). The molecule has 5 nitrogen and oxygen atoms in total. The van der Waals surface area contributed by atoms with Gasteiger partial charge in [-0.2, -0.15) is 8.42 Å². The lowest BCUT2D eigenvalue weighted by molar-refractivity contribution is 0.0994. The molecule has 0 spiro atoms. The summed E-state index contributed by atoms with van der Waals surface area (Å²) in [6, 6.07) is 3.34. The summed E-state index contributed by atoms with van der Waals surface area (Å²) in [6.07, 6.45) is 1.22. The highest BCUT2D eigenvalue weighted by Crippen LogP contribution is 2.35. The van der Waals surface area contributed by atoms with Crippen molar-refractivity contribution in [2.45, 2.75) is 12.8 Å². The van der Waals surface area contributed by atoms with Crippen LogP contribution in [0, 0.1) is 0 Å². The van der Waals surface area contributed by atoms with Crippen LogP contribution in [0.3, 0.4) is 0 Å². The first-order valence-corrected chi connectivity index (χ1v) is 6.04. The van der Waals surface area contributed by atoms with E-state index in [2.05, 4.69) is 9.44 Å². The molecule has 2 aliphatic rings. The van der Waals surface area contributed by atoms with Crippen molar-refractivity contribution in [1.82, 2.24) is 0 Å². The molecule has 6 heteroatoms. The van der Waals surface area contributed by atoms with E-state index in [0.29, 0.717) is 29.8 Å². The molecule has 0 unspecified atom stereocenters. The van der Waals surface area contributed by atoms with Crippen molar-refractivity contribution in [3.05, 3.63) is 23.3 Å². The van der Waals surface area contributed by atoms with Crippen LogP contribution < -0.4 is 9.44 Å². The number of anilines is 2. The largest absolute Gasteiger partial charge is 0.321 e. The topological polar surface area (TPSA) is 75.3 Å². The van der Waals surface area contributed by atoms with Gasteiger partial charge in [0, 0.05) is 12.0 Å². The Kier molecular flexibility index (Phi) is 1.46. The molecule has 1 aliphatic heterocycles. The Morgan fingerprint density at radius 3 is 2.47 bits per heavy atom. The lowest BCUT2D eigenvalue weighted by atomic mass is 10.1. The number of carbonyl (C=O) groups is 1. The summed E-state index contributed by atoms with van der Waals surface area (Å²) in [4.78, 5) is 11.4. The van der Waals surface area contributed by atoms with Crippen LogP contribution >= 0.6 is 0 Å². The Balaban J connectivity index is 2.20. The smallest absolute Gasteiger partial charge is 0.294 e. The van der Waals surface area contributed by atoms with E-state index in [0.717, 1.165) is 5.56 Å². The first-order chi connectivity index (χ1) is 7.05. The minimum Gasteiger partial charge on any atom is -0.294 e. The van der Waals surface area contributed by atoms with Gasteiger partial charge in [-0.3, -0.25) is 14.2 Å². The number of fused-ring (bicyclic) bond motifs is 2. The average Bonchev–Trinajstić information content (AvgIpc) is 2.62. The number of aryl methyl sites for hydroxylation is 1. The predicted octanol–water partition coefficient (Wildman–Crippen LogP) is 0.898. The van der Waals surface area contributed by atoms with Crippen LogP contribution in [0.2, 0.25) is 0 Å². The van der Waals surface area contributed by atoms with Crippen LogP contribution in [0.1, 0.15) is 22.3 Å². The van der Waals surface area contributed by atoms with Gasteiger partial charge in [0.05, 0.1) is 11.4 Å². The third kappa shape index (κ3) is 1.21. The van der Waals surface area contributed by atoms with Gasteiger partial charge < -0.3 is 0 Å². The van der Waals surface area contributed by atoms with Crippen LogP contribution in [-0.4, -0.2) is 14.2 Å². The third-order valence-corrected chi connectivity index (χ3v) is 3.63. The average molecular weight is 224 g/mol. The van der Waals surface area contributed by atoms with Gasteiger partial charge in [0.25, 0.3) is 0 Å². The third-order valence-electron chi connectivity index (χ3n) is 2.65. The van der Waals surface area contributed by atoms with Crippen molar-refractivity contribution in [3.8, 4) is 0 Å². The molecule has 0 aromatic heterocycles. The fourth-order valence-corrected chi connectivity index (χ4v) is 2.95. The zero-order valence-electron chi connectivity index (χ0n) is 7.70. The second-order valence-electron chi connectivity index (χ2n) is 3.69. The van der Waals surface area contributed by atoms with Gasteiger partial charge in [-0.1, -0.05) is 0 Å². The van der Waals surface area contributed by atoms with Crippen molar-refractivity contribution in [2.75, 3.05) is 9.44 Å². The van der Waals surface area contributed by atoms with Gasteiger partial charge in [0.15, 0.2) is 5.78 Å². The van der Waals surface area contributed by atoms with Crippen molar-refractivity contribution in [2.24, 2.45) is 0 Å². The van der Waals surface area contributed by atoms with Crippen LogP contribution in [-0.2, 0) is 16.6 Å². The Labute approximate surface area is 86.7 Å². The lowest BCUT2D eigenvalue weighted by Crippen LogP contribution is -2.12. The van der Waals surface area contributed by atoms with Crippen molar-refractivity contribution in [1.29, 1.82) is 0 Å². The molecule has 1 aromatic rings. The Morgan fingerprint density at radius 1 is 1.07 bits per heavy atom. The number of Topliss-reactive ketones (excluding diaryl/α,β-unsaturated/α-hetero) is 1. The van der Waals surface area contributed by atoms with Crippen LogP contribution in [0.25, 0.3) is 0 Å². The molecular weight excluding hydrogens is 216 g/mol. The number of nitrogens with one attached hydrogen (secondary N) is 2. The number of carbonyl (C=O) groups excluding carboxylic acids is 1. The fraction of sp³-hybridized carbons (Fsp3) is 0.222. The van der Waals surface area contributed by atoms with E-state index in [1.54, 1.807) is 12.1 Å². The van der Waals surface area contributed by atoms with E-state index < -0.39 is 10.2 Å². The molecule has 2 N–H and O–H groups in total. The minimum atomic E-state index is -3.45. The molecule has 0 amide bonds. The quantitative estimate of drug-likeness (QED) is 0.687. The number of benzene rings is 1. The Hall–Kier alpha value is -1.56. The molecule has 0 radical (unpaired) electrons. The maximum atomic E-state index is 11.4. The predicted molar refractivity (Wildman–Crippen MR) is 55.3 cm³/mol. The molecule has 0 fully saturated rings. The Morgan fingerprint density at radius 2 is 1.73 bits per heavy atom. The van der Waals surface area contributed by atoms with Gasteiger partial charge in [-0.15, -0.1) is 0 Å². The zero-order chi connectivity index (χ0) is 10.6. The maximum absolute atomic E-state index is 11.4. The summed E-state index contributed by atoms with van der Waals surface area (Å²) >= 11 is 0. The molecule has 15 heavy (non-hydrogen) atoms. The lowest BCUT2D eigenvalue weighted by Gasteiger charge is -2.00. The zero-order valence-corrected chi connectivity index (χ0v) is 8.52. The van der Waals surface area contributed by atoms with Gasteiger partial charge in [-0.25, -0.2) is 0 Å². The van der Waals surface area contributed by atoms with E-state index >= 15 is 0 Å². The normalized spacial score (nSPS) is 20.4. The summed E-state index contributed by atoms with van der Waals surface area (Å²) in [5.41, 5.74) is 2.55. The number of hydrogen-bond donors (Lipinski definition) is 2. The second kappa shape index (κ2) is 2.52. The van der Waals surface area contributed by atoms with Crippen LogP contribution in [0.5, 0.6) is 0 Å². The SMILES string of the molecule is O=C1CCc2cc3c(cc21)NS(=O)(=O)N3. The first kappa shape index (κ1) is 8.72. The monoisotopic (exact) mass is 224 g/mol. The van der Waals surface area contributed by atoms with Crippen molar-refractivity contribution >= 4 is 27.4 Å². The fourth-order valence-electron chi connectivity index (χ4n) is 1.98. The summed E-state index contributed by atoms with van der Waals surface area (Å²) in [6.45, 7) is 0. The summed E-state index contributed by atoms with van der Waals surface area (Å²) in [5.74, 6) is 0.0823. The highest BCUT2D eigenvalue weighted by atomic mass is 32.2. The number of rotatable bonds is 0. The van der Waals surface area contributed by atoms with E-state index in [-0.39, 0.29) is 5.78 Å². The van der Waals surface area contributed by atoms with Crippen molar-refractivity contribution in [3.63, 3.8) is 0 Å². The number of hydrogen-bond acceptors (Lipinski definition) is 3. The van der Waals surface area contributed by atoms with E-state index in [4.69, 9.17) is 0 Å². The highest BCUT2D eigenvalue weighted by molar-refractivity contribution is 7.94. The molecule has 1 heterocycles. The van der Waals surface area contributed by atoms with Gasteiger partial charge >= 0.3 is 10.2 Å². The van der Waals surface area contributed by atoms with Crippen LogP contribution in [0.4, 0.5) is 11.4 Å². The van der Waals surface area contributed by atoms with Crippen molar-refractivity contribution < 1.29 is 13.2 Å². The van der Waals surface area contributed by atoms with Gasteiger partial charge in [0.2, 0.25) is 0 Å². The summed E-state index contributed by atoms with van der Waals surface area (Å²) < 4.78 is 27.1. The van der Waals surface area contributed by atoms with Gasteiger partial charge in [-0.05, 0) is 24.1 Å². The molecule has 1 aromatic carbocycles. The first-order valence-electron chi connectivity index (χ1n) is 4.56.